The average molecular weight is 504 g/mol. The van der Waals surface area contributed by atoms with Crippen molar-refractivity contribution in [1.82, 2.24) is 9.88 Å². The average Bonchev–Trinajstić information content (AvgIpc) is 3.37. The van der Waals surface area contributed by atoms with Crippen LogP contribution in [0.4, 0.5) is 13.2 Å². The molecule has 1 amide bonds. The maximum absolute atomic E-state index is 14.3. The highest BCUT2D eigenvalue weighted by Gasteiger charge is 2.58. The number of carbonyl (C=O) groups excluding carboxylic acids is 1. The second-order valence-corrected chi connectivity index (χ2v) is 9.40. The molecule has 0 saturated heterocycles. The van der Waals surface area contributed by atoms with Crippen LogP contribution >= 0.6 is 23.2 Å². The molecule has 0 aliphatic carbocycles. The van der Waals surface area contributed by atoms with Crippen molar-refractivity contribution in [1.29, 1.82) is 0 Å². The lowest BCUT2D eigenvalue weighted by Crippen LogP contribution is -2.42. The van der Waals surface area contributed by atoms with E-state index in [1.165, 1.54) is 18.2 Å². The highest BCUT2D eigenvalue weighted by Crippen LogP contribution is 2.51. The first-order valence-electron chi connectivity index (χ1n) is 10.6. The van der Waals surface area contributed by atoms with Gasteiger partial charge in [0.25, 0.3) is 5.91 Å². The van der Waals surface area contributed by atoms with E-state index < -0.39 is 17.6 Å². The Bertz CT molecular complexity index is 1280. The van der Waals surface area contributed by atoms with Gasteiger partial charge in [0.2, 0.25) is 0 Å². The molecule has 2 atom stereocenters. The summed E-state index contributed by atoms with van der Waals surface area (Å²) in [6.45, 7) is 0.724. The molecule has 2 aliphatic heterocycles. The van der Waals surface area contributed by atoms with Crippen molar-refractivity contribution in [2.45, 2.75) is 37.1 Å². The van der Waals surface area contributed by atoms with E-state index in [1.54, 1.807) is 35.4 Å². The van der Waals surface area contributed by atoms with Crippen molar-refractivity contribution in [3.8, 4) is 0 Å². The Kier molecular flexibility index (Phi) is 5.65. The zero-order chi connectivity index (χ0) is 24.1. The van der Waals surface area contributed by atoms with Crippen molar-refractivity contribution in [3.05, 3.63) is 98.8 Å². The fourth-order valence-corrected chi connectivity index (χ4v) is 5.14. The van der Waals surface area contributed by atoms with E-state index in [0.29, 0.717) is 24.2 Å². The number of carbonyl (C=O) groups is 1. The van der Waals surface area contributed by atoms with Crippen molar-refractivity contribution >= 4 is 35.3 Å². The summed E-state index contributed by atoms with van der Waals surface area (Å²) in [4.78, 5) is 23.0. The third kappa shape index (κ3) is 3.97. The number of benzene rings is 2. The molecule has 1 aromatic heterocycles. The van der Waals surface area contributed by atoms with Gasteiger partial charge in [-0.1, -0.05) is 41.4 Å². The molecule has 2 unspecified atom stereocenters. The number of aliphatic imine (C=N–C) groups is 1. The van der Waals surface area contributed by atoms with E-state index >= 15 is 0 Å². The Hall–Kier alpha value is -2.90. The maximum Gasteiger partial charge on any atom is 0.403 e. The van der Waals surface area contributed by atoms with Crippen LogP contribution in [0.15, 0.2) is 65.8 Å². The van der Waals surface area contributed by atoms with E-state index in [2.05, 4.69) is 9.98 Å². The van der Waals surface area contributed by atoms with Crippen LogP contribution in [-0.2, 0) is 18.5 Å². The van der Waals surface area contributed by atoms with Gasteiger partial charge < -0.3 is 4.90 Å². The van der Waals surface area contributed by atoms with Gasteiger partial charge in [-0.3, -0.25) is 14.8 Å². The first kappa shape index (κ1) is 22.9. The molecule has 2 aromatic carbocycles. The molecule has 3 aromatic rings. The lowest BCUT2D eigenvalue weighted by Gasteiger charge is -2.30. The molecule has 0 spiro atoms. The summed E-state index contributed by atoms with van der Waals surface area (Å²) < 4.78 is 43.0. The molecule has 5 rings (SSSR count). The number of pyridine rings is 1. The van der Waals surface area contributed by atoms with Crippen molar-refractivity contribution in [2.24, 2.45) is 4.99 Å². The number of amides is 1. The molecule has 9 heteroatoms. The Morgan fingerprint density at radius 2 is 1.82 bits per heavy atom. The van der Waals surface area contributed by atoms with Crippen LogP contribution in [0.1, 0.15) is 45.2 Å². The number of halogens is 5. The summed E-state index contributed by atoms with van der Waals surface area (Å²) in [5.74, 6) is -0.125. The maximum atomic E-state index is 14.3. The number of hydrogen-bond donors (Lipinski definition) is 0. The minimum atomic E-state index is -4.59. The van der Waals surface area contributed by atoms with E-state index in [0.717, 1.165) is 17.5 Å². The normalized spacial score (nSPS) is 21.9. The topological polar surface area (TPSA) is 45.6 Å². The van der Waals surface area contributed by atoms with Gasteiger partial charge in [0.15, 0.2) is 0 Å². The predicted octanol–water partition coefficient (Wildman–Crippen LogP) is 6.56. The highest BCUT2D eigenvalue weighted by atomic mass is 35.5. The number of hydrogen-bond acceptors (Lipinski definition) is 3. The molecule has 0 fully saturated rings. The Morgan fingerprint density at radius 3 is 2.50 bits per heavy atom. The van der Waals surface area contributed by atoms with Gasteiger partial charge in [0, 0.05) is 34.6 Å². The third-order valence-electron chi connectivity index (χ3n) is 6.35. The first-order valence-corrected chi connectivity index (χ1v) is 11.3. The van der Waals surface area contributed by atoms with Crippen LogP contribution in [0, 0.1) is 0 Å². The largest absolute Gasteiger partial charge is 0.403 e. The fourth-order valence-electron chi connectivity index (χ4n) is 4.61. The second-order valence-electron chi connectivity index (χ2n) is 8.52. The van der Waals surface area contributed by atoms with Crippen molar-refractivity contribution < 1.29 is 18.0 Å². The third-order valence-corrected chi connectivity index (χ3v) is 6.78. The van der Waals surface area contributed by atoms with Gasteiger partial charge in [0.1, 0.15) is 5.41 Å². The molecule has 2 aliphatic rings. The van der Waals surface area contributed by atoms with Gasteiger partial charge >= 0.3 is 6.18 Å². The molecule has 174 valence electrons. The Labute approximate surface area is 204 Å². The number of aromatic nitrogens is 1. The van der Waals surface area contributed by atoms with Crippen LogP contribution < -0.4 is 0 Å². The summed E-state index contributed by atoms with van der Waals surface area (Å²) in [5.41, 5.74) is 0.364. The summed E-state index contributed by atoms with van der Waals surface area (Å²) in [5, 5.41) is 0.263. The fraction of sp³-hybridized carbons (Fsp3) is 0.240. The molecular weight excluding hydrogens is 486 g/mol. The molecule has 3 heterocycles. The number of nitrogens with zero attached hydrogens (tertiary/aromatic N) is 3. The van der Waals surface area contributed by atoms with Gasteiger partial charge in [-0.25, -0.2) is 0 Å². The predicted molar refractivity (Wildman–Crippen MR) is 124 cm³/mol. The van der Waals surface area contributed by atoms with Gasteiger partial charge in [-0.15, -0.1) is 0 Å². The van der Waals surface area contributed by atoms with Gasteiger partial charge in [-0.2, -0.15) is 13.2 Å². The highest BCUT2D eigenvalue weighted by molar-refractivity contribution is 6.34. The van der Waals surface area contributed by atoms with Crippen LogP contribution in [0.5, 0.6) is 0 Å². The zero-order valence-corrected chi connectivity index (χ0v) is 19.2. The molecule has 0 saturated carbocycles. The summed E-state index contributed by atoms with van der Waals surface area (Å²) in [6.07, 6.45) is -2.27. The Balaban J connectivity index is 1.42. The monoisotopic (exact) mass is 503 g/mol. The molecule has 0 radical (unpaired) electrons. The number of rotatable bonds is 4. The van der Waals surface area contributed by atoms with E-state index in [-0.39, 0.29) is 27.9 Å². The minimum Gasteiger partial charge on any atom is -0.328 e. The minimum absolute atomic E-state index is 0.0402. The molecule has 0 N–H and O–H groups in total. The van der Waals surface area contributed by atoms with Crippen molar-refractivity contribution in [2.75, 3.05) is 0 Å². The first-order chi connectivity index (χ1) is 16.2. The molecule has 34 heavy (non-hydrogen) atoms. The van der Waals surface area contributed by atoms with Crippen LogP contribution in [0.2, 0.25) is 10.0 Å². The standard InChI is InChI=1S/C25H18Cl2F3N3O/c26-18-8-17(9-19(27)10-18)24(25(28,29)30)11-22(32-14-24)15-4-5-21-16(7-15)12-33(23(21)34)13-20-3-1-2-6-31-20/h1-10,14,22H,11-13H2. The van der Waals surface area contributed by atoms with Crippen LogP contribution in [0.25, 0.3) is 0 Å². The lowest BCUT2D eigenvalue weighted by atomic mass is 9.77. The van der Waals surface area contributed by atoms with Gasteiger partial charge in [0.05, 0.1) is 18.3 Å². The van der Waals surface area contributed by atoms with Gasteiger partial charge in [-0.05, 0) is 59.5 Å². The number of fused-ring (bicyclic) bond motifs is 1. The molecule has 4 nitrogen and oxygen atoms in total. The summed E-state index contributed by atoms with van der Waals surface area (Å²) >= 11 is 12.0. The lowest BCUT2D eigenvalue weighted by molar-refractivity contribution is -0.168. The van der Waals surface area contributed by atoms with E-state index in [9.17, 15) is 18.0 Å². The SMILES string of the molecule is O=C1c2ccc(C3CC(c4cc(Cl)cc(Cl)c4)(C(F)(F)F)C=N3)cc2CN1Cc1ccccn1. The summed E-state index contributed by atoms with van der Waals surface area (Å²) in [7, 11) is 0. The smallest absolute Gasteiger partial charge is 0.328 e. The molecular formula is C25H18Cl2F3N3O. The van der Waals surface area contributed by atoms with E-state index in [1.807, 2.05) is 12.1 Å². The van der Waals surface area contributed by atoms with Crippen LogP contribution in [0.3, 0.4) is 0 Å². The summed E-state index contributed by atoms with van der Waals surface area (Å²) in [6, 6.07) is 13.9. The zero-order valence-electron chi connectivity index (χ0n) is 17.7. The molecule has 0 bridgehead atoms. The quantitative estimate of drug-likeness (QED) is 0.404. The Morgan fingerprint density at radius 1 is 1.06 bits per heavy atom. The van der Waals surface area contributed by atoms with Crippen molar-refractivity contribution in [3.63, 3.8) is 0 Å². The number of alkyl halides is 3. The van der Waals surface area contributed by atoms with Crippen LogP contribution in [-0.4, -0.2) is 28.2 Å². The second kappa shape index (κ2) is 8.40. The van der Waals surface area contributed by atoms with E-state index in [4.69, 9.17) is 23.2 Å².